The van der Waals surface area contributed by atoms with Gasteiger partial charge < -0.3 is 10.1 Å². The first-order chi connectivity index (χ1) is 16.4. The van der Waals surface area contributed by atoms with E-state index in [9.17, 15) is 23.6 Å². The number of amides is 5. The number of para-hydroxylation sites is 2. The minimum Gasteiger partial charge on any atom is -0.483 e. The molecule has 0 saturated carbocycles. The molecule has 1 aliphatic heterocycles. The van der Waals surface area contributed by atoms with E-state index in [0.717, 1.165) is 4.90 Å². The maximum absolute atomic E-state index is 13.0. The van der Waals surface area contributed by atoms with E-state index in [1.54, 1.807) is 54.6 Å². The van der Waals surface area contributed by atoms with Crippen molar-refractivity contribution in [1.82, 2.24) is 5.32 Å². The summed E-state index contributed by atoms with van der Waals surface area (Å²) in [6.07, 6.45) is 1.30. The molecule has 0 atom stereocenters. The van der Waals surface area contributed by atoms with Crippen molar-refractivity contribution in [3.63, 3.8) is 0 Å². The van der Waals surface area contributed by atoms with Gasteiger partial charge in [0.25, 0.3) is 17.7 Å². The first-order valence-corrected chi connectivity index (χ1v) is 10.2. The number of imide groups is 2. The Labute approximate surface area is 193 Å². The van der Waals surface area contributed by atoms with Gasteiger partial charge in [-0.15, -0.1) is 0 Å². The smallest absolute Gasteiger partial charge is 0.335 e. The van der Waals surface area contributed by atoms with Crippen LogP contribution in [0.25, 0.3) is 6.08 Å². The first kappa shape index (κ1) is 22.4. The average Bonchev–Trinajstić information content (AvgIpc) is 2.83. The molecule has 5 amide bonds. The largest absolute Gasteiger partial charge is 0.483 e. The van der Waals surface area contributed by atoms with Gasteiger partial charge in [-0.05, 0) is 48.5 Å². The van der Waals surface area contributed by atoms with Gasteiger partial charge in [-0.2, -0.15) is 0 Å². The second kappa shape index (κ2) is 9.78. The molecule has 3 aromatic rings. The van der Waals surface area contributed by atoms with Crippen LogP contribution >= 0.6 is 0 Å². The molecule has 2 N–H and O–H groups in total. The Kier molecular flexibility index (Phi) is 6.45. The average molecular weight is 459 g/mol. The number of halogens is 1. The lowest BCUT2D eigenvalue weighted by Crippen LogP contribution is -2.54. The Bertz CT molecular complexity index is 1290. The number of hydrogen-bond donors (Lipinski definition) is 2. The lowest BCUT2D eigenvalue weighted by atomic mass is 10.1. The van der Waals surface area contributed by atoms with Crippen LogP contribution in [-0.4, -0.2) is 30.4 Å². The molecular formula is C25H18FN3O5. The zero-order chi connectivity index (χ0) is 24.1. The van der Waals surface area contributed by atoms with Gasteiger partial charge in [0, 0.05) is 11.3 Å². The lowest BCUT2D eigenvalue weighted by molar-refractivity contribution is -0.122. The van der Waals surface area contributed by atoms with E-state index < -0.39 is 29.6 Å². The molecule has 1 aliphatic rings. The standard InChI is InChI=1S/C25H18FN3O5/c26-17-10-12-18(13-11-17)27-22(30)15-34-21-9-5-4-6-16(21)14-20-23(31)28-25(33)29(24(20)32)19-7-2-1-3-8-19/h1-14H,15H2,(H,27,30)(H,28,31,33)/b20-14-. The molecule has 8 nitrogen and oxygen atoms in total. The maximum atomic E-state index is 13.0. The normalized spacial score (nSPS) is 14.7. The number of benzene rings is 3. The molecule has 1 fully saturated rings. The van der Waals surface area contributed by atoms with E-state index in [4.69, 9.17) is 4.74 Å². The molecule has 1 heterocycles. The molecular weight excluding hydrogens is 441 g/mol. The summed E-state index contributed by atoms with van der Waals surface area (Å²) in [5.41, 5.74) is 0.805. The summed E-state index contributed by atoms with van der Waals surface area (Å²) in [6, 6.07) is 19.1. The van der Waals surface area contributed by atoms with Gasteiger partial charge in [0.05, 0.1) is 5.69 Å². The molecule has 34 heavy (non-hydrogen) atoms. The predicted molar refractivity (Wildman–Crippen MR) is 122 cm³/mol. The van der Waals surface area contributed by atoms with E-state index in [2.05, 4.69) is 10.6 Å². The highest BCUT2D eigenvalue weighted by Crippen LogP contribution is 2.25. The zero-order valence-electron chi connectivity index (χ0n) is 17.7. The van der Waals surface area contributed by atoms with Crippen LogP contribution in [0.3, 0.4) is 0 Å². The number of barbiturate groups is 1. The molecule has 1 saturated heterocycles. The van der Waals surface area contributed by atoms with Gasteiger partial charge >= 0.3 is 6.03 Å². The molecule has 9 heteroatoms. The van der Waals surface area contributed by atoms with Gasteiger partial charge in [-0.3, -0.25) is 19.7 Å². The van der Waals surface area contributed by atoms with E-state index >= 15 is 0 Å². The number of carbonyl (C=O) groups is 4. The third-order valence-electron chi connectivity index (χ3n) is 4.82. The number of nitrogens with zero attached hydrogens (tertiary/aromatic N) is 1. The van der Waals surface area contributed by atoms with Gasteiger partial charge in [-0.25, -0.2) is 14.1 Å². The first-order valence-electron chi connectivity index (χ1n) is 10.2. The number of urea groups is 1. The Morgan fingerprint density at radius 2 is 1.62 bits per heavy atom. The quantitative estimate of drug-likeness (QED) is 0.434. The van der Waals surface area contributed by atoms with E-state index in [1.165, 1.54) is 30.3 Å². The zero-order valence-corrected chi connectivity index (χ0v) is 17.7. The van der Waals surface area contributed by atoms with Crippen LogP contribution in [0.1, 0.15) is 5.56 Å². The Morgan fingerprint density at radius 3 is 2.35 bits per heavy atom. The van der Waals surface area contributed by atoms with E-state index in [1.807, 2.05) is 0 Å². The van der Waals surface area contributed by atoms with Crippen LogP contribution in [0, 0.1) is 5.82 Å². The lowest BCUT2D eigenvalue weighted by Gasteiger charge is -2.26. The Hall–Kier alpha value is -4.79. The van der Waals surface area contributed by atoms with Crippen LogP contribution < -0.4 is 20.3 Å². The molecule has 170 valence electrons. The summed E-state index contributed by atoms with van der Waals surface area (Å²) >= 11 is 0. The molecule has 0 unspecified atom stereocenters. The summed E-state index contributed by atoms with van der Waals surface area (Å²) in [5.74, 6) is -2.30. The van der Waals surface area contributed by atoms with Crippen LogP contribution in [0.4, 0.5) is 20.6 Å². The van der Waals surface area contributed by atoms with Gasteiger partial charge in [0.1, 0.15) is 17.1 Å². The summed E-state index contributed by atoms with van der Waals surface area (Å²) in [6.45, 7) is -0.369. The van der Waals surface area contributed by atoms with Gasteiger partial charge in [0.15, 0.2) is 6.61 Å². The van der Waals surface area contributed by atoms with Crippen molar-refractivity contribution < 1.29 is 28.3 Å². The number of hydrogen-bond acceptors (Lipinski definition) is 5. The fourth-order valence-corrected chi connectivity index (χ4v) is 3.23. The van der Waals surface area contributed by atoms with Gasteiger partial charge in [-0.1, -0.05) is 36.4 Å². The van der Waals surface area contributed by atoms with Crippen molar-refractivity contribution in [2.45, 2.75) is 0 Å². The minimum atomic E-state index is -0.847. The molecule has 0 radical (unpaired) electrons. The summed E-state index contributed by atoms with van der Waals surface area (Å²) in [4.78, 5) is 50.8. The van der Waals surface area contributed by atoms with Crippen molar-refractivity contribution in [2.75, 3.05) is 16.8 Å². The monoisotopic (exact) mass is 459 g/mol. The molecule has 0 spiro atoms. The van der Waals surface area contributed by atoms with Crippen LogP contribution in [-0.2, 0) is 14.4 Å². The number of ether oxygens (including phenoxy) is 1. The van der Waals surface area contributed by atoms with Crippen LogP contribution in [0.5, 0.6) is 5.75 Å². The Balaban J connectivity index is 1.53. The predicted octanol–water partition coefficient (Wildman–Crippen LogP) is 3.51. The Morgan fingerprint density at radius 1 is 0.941 bits per heavy atom. The topological polar surface area (TPSA) is 105 Å². The van der Waals surface area contributed by atoms with Crippen molar-refractivity contribution in [3.05, 3.63) is 95.8 Å². The number of nitrogens with one attached hydrogen (secondary N) is 2. The van der Waals surface area contributed by atoms with E-state index in [0.29, 0.717) is 16.9 Å². The molecule has 3 aromatic carbocycles. The highest BCUT2D eigenvalue weighted by atomic mass is 19.1. The van der Waals surface area contributed by atoms with Gasteiger partial charge in [0.2, 0.25) is 0 Å². The summed E-state index contributed by atoms with van der Waals surface area (Å²) in [7, 11) is 0. The third kappa shape index (κ3) is 4.99. The van der Waals surface area contributed by atoms with Crippen LogP contribution in [0.15, 0.2) is 84.4 Å². The second-order valence-corrected chi connectivity index (χ2v) is 7.17. The molecule has 0 aromatic heterocycles. The van der Waals surface area contributed by atoms with Crippen molar-refractivity contribution >= 4 is 41.2 Å². The molecule has 0 aliphatic carbocycles. The summed E-state index contributed by atoms with van der Waals surface area (Å²) in [5, 5.41) is 4.73. The maximum Gasteiger partial charge on any atom is 0.335 e. The van der Waals surface area contributed by atoms with E-state index in [-0.39, 0.29) is 17.9 Å². The van der Waals surface area contributed by atoms with Crippen molar-refractivity contribution in [1.29, 1.82) is 0 Å². The highest BCUT2D eigenvalue weighted by molar-refractivity contribution is 6.39. The number of carbonyl (C=O) groups excluding carboxylic acids is 4. The fourth-order valence-electron chi connectivity index (χ4n) is 3.23. The second-order valence-electron chi connectivity index (χ2n) is 7.17. The number of anilines is 2. The third-order valence-corrected chi connectivity index (χ3v) is 4.82. The molecule has 0 bridgehead atoms. The minimum absolute atomic E-state index is 0.244. The highest BCUT2D eigenvalue weighted by Gasteiger charge is 2.36. The van der Waals surface area contributed by atoms with Crippen molar-refractivity contribution in [2.24, 2.45) is 0 Å². The SMILES string of the molecule is O=C(COc1ccccc1/C=C1/C(=O)NC(=O)N(c2ccccc2)C1=O)Nc1ccc(F)cc1. The molecule has 4 rings (SSSR count). The van der Waals surface area contributed by atoms with Crippen LogP contribution in [0.2, 0.25) is 0 Å². The fraction of sp³-hybridized carbons (Fsp3) is 0.0400. The summed E-state index contributed by atoms with van der Waals surface area (Å²) < 4.78 is 18.6. The van der Waals surface area contributed by atoms with Crippen molar-refractivity contribution in [3.8, 4) is 5.75 Å². The number of rotatable bonds is 6.